The number of carbonyl (C=O) groups excluding carboxylic acids is 1. The van der Waals surface area contributed by atoms with E-state index in [0.717, 1.165) is 43.9 Å². The molecule has 1 N–H and O–H groups in total. The van der Waals surface area contributed by atoms with Gasteiger partial charge in [-0.25, -0.2) is 4.79 Å². The van der Waals surface area contributed by atoms with Crippen molar-refractivity contribution in [2.24, 2.45) is 0 Å². The number of methoxy groups -OCH3 is 2. The molecular weight excluding hydrogens is 430 g/mol. The van der Waals surface area contributed by atoms with Gasteiger partial charge >= 0.3 is 6.03 Å². The summed E-state index contributed by atoms with van der Waals surface area (Å²) in [7, 11) is 3.14. The molecule has 9 heteroatoms. The van der Waals surface area contributed by atoms with Crippen molar-refractivity contribution in [3.8, 4) is 11.5 Å². The topological polar surface area (TPSA) is 81.5 Å². The number of ether oxygens (including phenoxy) is 2. The second kappa shape index (κ2) is 9.91. The highest BCUT2D eigenvalue weighted by atomic mass is 35.5. The first-order valence-electron chi connectivity index (χ1n) is 10.6. The minimum Gasteiger partial charge on any atom is -0.497 e. The zero-order valence-electron chi connectivity index (χ0n) is 18.2. The van der Waals surface area contributed by atoms with Crippen LogP contribution in [0.4, 0.5) is 16.2 Å². The van der Waals surface area contributed by atoms with Gasteiger partial charge in [0.05, 0.1) is 25.8 Å². The average molecular weight is 456 g/mol. The normalized spacial score (nSPS) is 13.1. The predicted octanol–water partition coefficient (Wildman–Crippen LogP) is 4.91. The molecule has 1 aromatic heterocycles. The number of halogens is 1. The zero-order chi connectivity index (χ0) is 22.5. The van der Waals surface area contributed by atoms with Gasteiger partial charge in [0.15, 0.2) is 5.82 Å². The Labute approximate surface area is 192 Å². The number of nitrogens with one attached hydrogen (secondary N) is 1. The number of rotatable bonds is 6. The number of nitrogens with zero attached hydrogens (tertiary/aromatic N) is 4. The fourth-order valence-electron chi connectivity index (χ4n) is 3.80. The number of anilines is 2. The zero-order valence-corrected chi connectivity index (χ0v) is 18.9. The summed E-state index contributed by atoms with van der Waals surface area (Å²) in [6.07, 6.45) is 4.24. The number of fused-ring (bicyclic) bond motifs is 1. The third-order valence-corrected chi connectivity index (χ3v) is 5.79. The van der Waals surface area contributed by atoms with Gasteiger partial charge in [0.1, 0.15) is 17.3 Å². The SMILES string of the molecule is COc1cccc(NC(=O)N(Cc2nnc3n2CCCCC3)c2ccc(OC)c(Cl)c2)c1. The molecular formula is C23H26ClN5O3. The molecule has 3 aromatic rings. The van der Waals surface area contributed by atoms with Crippen LogP contribution in [0.25, 0.3) is 0 Å². The van der Waals surface area contributed by atoms with Crippen molar-refractivity contribution in [1.82, 2.24) is 14.8 Å². The lowest BCUT2D eigenvalue weighted by molar-refractivity contribution is 0.256. The maximum absolute atomic E-state index is 13.4. The van der Waals surface area contributed by atoms with Crippen molar-refractivity contribution < 1.29 is 14.3 Å². The molecule has 0 radical (unpaired) electrons. The number of aryl methyl sites for hydroxylation is 1. The Morgan fingerprint density at radius 1 is 1.12 bits per heavy atom. The third-order valence-electron chi connectivity index (χ3n) is 5.50. The highest BCUT2D eigenvalue weighted by Gasteiger charge is 2.23. The van der Waals surface area contributed by atoms with Crippen molar-refractivity contribution in [2.45, 2.75) is 38.8 Å². The average Bonchev–Trinajstić information content (AvgIpc) is 3.02. The largest absolute Gasteiger partial charge is 0.497 e. The standard InChI is InChI=1S/C23H26ClN5O3/c1-31-18-8-6-7-16(13-18)25-23(30)29(17-10-11-20(32-2)19(24)14-17)15-22-27-26-21-9-4-3-5-12-28(21)22/h6-8,10-11,13-14H,3-5,9,12,15H2,1-2H3,(H,25,30). The lowest BCUT2D eigenvalue weighted by Gasteiger charge is -2.24. The molecule has 2 aromatic carbocycles. The van der Waals surface area contributed by atoms with Crippen molar-refractivity contribution in [2.75, 3.05) is 24.4 Å². The summed E-state index contributed by atoms with van der Waals surface area (Å²) in [5, 5.41) is 12.1. The van der Waals surface area contributed by atoms with Crippen LogP contribution in [-0.4, -0.2) is 35.0 Å². The summed E-state index contributed by atoms with van der Waals surface area (Å²) >= 11 is 6.36. The molecule has 0 atom stereocenters. The van der Waals surface area contributed by atoms with Crippen LogP contribution in [0.3, 0.4) is 0 Å². The van der Waals surface area contributed by atoms with E-state index >= 15 is 0 Å². The summed E-state index contributed by atoms with van der Waals surface area (Å²) < 4.78 is 12.7. The Hall–Kier alpha value is -3.26. The van der Waals surface area contributed by atoms with Gasteiger partial charge in [0, 0.05) is 30.4 Å². The molecule has 0 fully saturated rings. The van der Waals surface area contributed by atoms with E-state index in [9.17, 15) is 4.79 Å². The van der Waals surface area contributed by atoms with Gasteiger partial charge in [0.2, 0.25) is 0 Å². The number of hydrogen-bond donors (Lipinski definition) is 1. The fraction of sp³-hybridized carbons (Fsp3) is 0.348. The number of carbonyl (C=O) groups is 1. The number of aromatic nitrogens is 3. The first-order chi connectivity index (χ1) is 15.6. The molecule has 0 spiro atoms. The minimum absolute atomic E-state index is 0.255. The molecule has 0 saturated heterocycles. The summed E-state index contributed by atoms with van der Waals surface area (Å²) in [5.74, 6) is 2.91. The van der Waals surface area contributed by atoms with Crippen LogP contribution in [0.5, 0.6) is 11.5 Å². The van der Waals surface area contributed by atoms with Gasteiger partial charge in [-0.2, -0.15) is 0 Å². The second-order valence-corrected chi connectivity index (χ2v) is 7.97. The molecule has 2 heterocycles. The molecule has 0 bridgehead atoms. The molecule has 32 heavy (non-hydrogen) atoms. The lowest BCUT2D eigenvalue weighted by Crippen LogP contribution is -2.35. The van der Waals surface area contributed by atoms with Gasteiger partial charge in [-0.15, -0.1) is 10.2 Å². The Morgan fingerprint density at radius 3 is 2.78 bits per heavy atom. The van der Waals surface area contributed by atoms with Gasteiger partial charge in [-0.3, -0.25) is 4.90 Å². The van der Waals surface area contributed by atoms with Gasteiger partial charge < -0.3 is 19.4 Å². The van der Waals surface area contributed by atoms with E-state index in [2.05, 4.69) is 20.1 Å². The molecule has 168 valence electrons. The van der Waals surface area contributed by atoms with Crippen LogP contribution < -0.4 is 19.7 Å². The van der Waals surface area contributed by atoms with E-state index in [-0.39, 0.29) is 12.6 Å². The van der Waals surface area contributed by atoms with E-state index in [1.807, 2.05) is 18.2 Å². The van der Waals surface area contributed by atoms with Crippen molar-refractivity contribution in [1.29, 1.82) is 0 Å². The third kappa shape index (κ3) is 4.80. The van der Waals surface area contributed by atoms with E-state index < -0.39 is 0 Å². The van der Waals surface area contributed by atoms with E-state index in [1.165, 1.54) is 0 Å². The molecule has 1 aliphatic heterocycles. The Balaban J connectivity index is 1.66. The Morgan fingerprint density at radius 2 is 2.00 bits per heavy atom. The van der Waals surface area contributed by atoms with E-state index in [1.54, 1.807) is 43.4 Å². The summed E-state index contributed by atoms with van der Waals surface area (Å²) in [6, 6.07) is 12.2. The van der Waals surface area contributed by atoms with E-state index in [0.29, 0.717) is 27.9 Å². The molecule has 1 aliphatic rings. The number of urea groups is 1. The monoisotopic (exact) mass is 455 g/mol. The maximum atomic E-state index is 13.4. The van der Waals surface area contributed by atoms with Crippen molar-refractivity contribution in [3.63, 3.8) is 0 Å². The number of benzene rings is 2. The molecule has 0 unspecified atom stereocenters. The van der Waals surface area contributed by atoms with Crippen LogP contribution in [0.1, 0.15) is 30.9 Å². The molecule has 0 saturated carbocycles. The summed E-state index contributed by atoms with van der Waals surface area (Å²) in [6.45, 7) is 1.11. The van der Waals surface area contributed by atoms with Crippen LogP contribution in [0, 0.1) is 0 Å². The van der Waals surface area contributed by atoms with Crippen molar-refractivity contribution in [3.05, 3.63) is 59.1 Å². The van der Waals surface area contributed by atoms with Crippen LogP contribution in [-0.2, 0) is 19.5 Å². The first-order valence-corrected chi connectivity index (χ1v) is 10.9. The lowest BCUT2D eigenvalue weighted by atomic mass is 10.2. The Bertz CT molecular complexity index is 1100. The molecule has 8 nitrogen and oxygen atoms in total. The van der Waals surface area contributed by atoms with Crippen LogP contribution >= 0.6 is 11.6 Å². The Kier molecular flexibility index (Phi) is 6.80. The van der Waals surface area contributed by atoms with Crippen LogP contribution in [0.15, 0.2) is 42.5 Å². The summed E-state index contributed by atoms with van der Waals surface area (Å²) in [4.78, 5) is 15.0. The highest BCUT2D eigenvalue weighted by Crippen LogP contribution is 2.30. The minimum atomic E-state index is -0.314. The maximum Gasteiger partial charge on any atom is 0.326 e. The fourth-order valence-corrected chi connectivity index (χ4v) is 4.05. The molecule has 2 amide bonds. The quantitative estimate of drug-likeness (QED) is 0.570. The predicted molar refractivity (Wildman–Crippen MR) is 124 cm³/mol. The highest BCUT2D eigenvalue weighted by molar-refractivity contribution is 6.32. The van der Waals surface area contributed by atoms with Gasteiger partial charge in [-0.05, 0) is 43.2 Å². The molecule has 4 rings (SSSR count). The number of hydrogen-bond acceptors (Lipinski definition) is 5. The van der Waals surface area contributed by atoms with Gasteiger partial charge in [0.25, 0.3) is 0 Å². The van der Waals surface area contributed by atoms with Crippen LogP contribution in [0.2, 0.25) is 5.02 Å². The van der Waals surface area contributed by atoms with Gasteiger partial charge in [-0.1, -0.05) is 24.1 Å². The van der Waals surface area contributed by atoms with Crippen molar-refractivity contribution >= 4 is 29.0 Å². The number of amides is 2. The smallest absolute Gasteiger partial charge is 0.326 e. The second-order valence-electron chi connectivity index (χ2n) is 7.56. The van der Waals surface area contributed by atoms with E-state index in [4.69, 9.17) is 21.1 Å². The molecule has 0 aliphatic carbocycles. The summed E-state index contributed by atoms with van der Waals surface area (Å²) in [5.41, 5.74) is 1.25. The first kappa shape index (κ1) is 22.0.